The van der Waals surface area contributed by atoms with Crippen LogP contribution in [0.25, 0.3) is 0 Å². The second kappa shape index (κ2) is 5.92. The van der Waals surface area contributed by atoms with Gasteiger partial charge in [0.15, 0.2) is 0 Å². The van der Waals surface area contributed by atoms with Gasteiger partial charge in [-0.3, -0.25) is 10.1 Å². The highest BCUT2D eigenvalue weighted by molar-refractivity contribution is 7.98. The van der Waals surface area contributed by atoms with Crippen molar-refractivity contribution < 1.29 is 4.79 Å². The minimum atomic E-state index is -0.0240. The Morgan fingerprint density at radius 1 is 1.44 bits per heavy atom. The highest BCUT2D eigenvalue weighted by atomic mass is 32.2. The van der Waals surface area contributed by atoms with Crippen molar-refractivity contribution in [3.63, 3.8) is 0 Å². The predicted octanol–water partition coefficient (Wildman–Crippen LogP) is 1.93. The molecule has 0 aromatic heterocycles. The van der Waals surface area contributed by atoms with Crippen molar-refractivity contribution >= 4 is 17.7 Å². The van der Waals surface area contributed by atoms with Gasteiger partial charge in [0, 0.05) is 6.04 Å². The highest BCUT2D eigenvalue weighted by Gasteiger charge is 2.39. The van der Waals surface area contributed by atoms with Crippen LogP contribution in [0.15, 0.2) is 0 Å². The first kappa shape index (κ1) is 13.8. The molecule has 1 fully saturated rings. The molecule has 0 bridgehead atoms. The number of carbonyl (C=O) groups is 1. The minimum absolute atomic E-state index is 0.0240. The van der Waals surface area contributed by atoms with Crippen LogP contribution in [0.1, 0.15) is 34.1 Å². The second-order valence-corrected chi connectivity index (χ2v) is 5.94. The first-order chi connectivity index (χ1) is 7.49. The van der Waals surface area contributed by atoms with Crippen molar-refractivity contribution in [1.82, 2.24) is 10.2 Å². The maximum atomic E-state index is 12.1. The van der Waals surface area contributed by atoms with Crippen molar-refractivity contribution in [2.75, 3.05) is 12.0 Å². The number of amides is 1. The van der Waals surface area contributed by atoms with Gasteiger partial charge in [-0.15, -0.1) is 0 Å². The van der Waals surface area contributed by atoms with Crippen LogP contribution in [0, 0.1) is 5.92 Å². The van der Waals surface area contributed by atoms with Crippen molar-refractivity contribution in [2.45, 2.75) is 52.4 Å². The molecule has 3 nitrogen and oxygen atoms in total. The average molecular weight is 244 g/mol. The molecule has 3 atom stereocenters. The van der Waals surface area contributed by atoms with Gasteiger partial charge >= 0.3 is 0 Å². The van der Waals surface area contributed by atoms with Gasteiger partial charge in [0.25, 0.3) is 0 Å². The zero-order valence-corrected chi connectivity index (χ0v) is 11.8. The number of nitrogens with one attached hydrogen (secondary N) is 1. The Balaban J connectivity index is 2.69. The molecule has 1 aliphatic heterocycles. The monoisotopic (exact) mass is 244 g/mol. The molecule has 0 spiro atoms. The predicted molar refractivity (Wildman–Crippen MR) is 70.5 cm³/mol. The van der Waals surface area contributed by atoms with E-state index in [1.54, 1.807) is 0 Å². The van der Waals surface area contributed by atoms with Gasteiger partial charge in [-0.2, -0.15) is 11.8 Å². The lowest BCUT2D eigenvalue weighted by atomic mass is 10.1. The summed E-state index contributed by atoms with van der Waals surface area (Å²) in [5.74, 6) is 1.84. The summed E-state index contributed by atoms with van der Waals surface area (Å²) in [5.41, 5.74) is 0. The second-order valence-electron chi connectivity index (χ2n) is 4.95. The van der Waals surface area contributed by atoms with E-state index in [2.05, 4.69) is 32.3 Å². The largest absolute Gasteiger partial charge is 0.323 e. The summed E-state index contributed by atoms with van der Waals surface area (Å²) in [7, 11) is 0. The quantitative estimate of drug-likeness (QED) is 0.802. The van der Waals surface area contributed by atoms with Gasteiger partial charge in [0.2, 0.25) is 5.91 Å². The molecule has 94 valence electrons. The van der Waals surface area contributed by atoms with Crippen molar-refractivity contribution in [1.29, 1.82) is 0 Å². The fourth-order valence-corrected chi connectivity index (χ4v) is 2.78. The molecule has 0 aromatic rings. The highest BCUT2D eigenvalue weighted by Crippen LogP contribution is 2.22. The first-order valence-corrected chi connectivity index (χ1v) is 7.45. The van der Waals surface area contributed by atoms with Gasteiger partial charge in [-0.25, -0.2) is 0 Å². The Labute approximate surface area is 103 Å². The molecule has 16 heavy (non-hydrogen) atoms. The normalized spacial score (nSPS) is 27.9. The standard InChI is InChI=1S/C12H24N2OS/c1-8(2)11-13-10(4)12(15)14(11)9(3)6-7-16-5/h8-11,13H,6-7H2,1-5H3. The number of hydrogen-bond acceptors (Lipinski definition) is 3. The lowest BCUT2D eigenvalue weighted by molar-refractivity contribution is -0.132. The van der Waals surface area contributed by atoms with E-state index in [9.17, 15) is 4.79 Å². The average Bonchev–Trinajstić information content (AvgIpc) is 2.52. The van der Waals surface area contributed by atoms with Gasteiger partial charge in [-0.1, -0.05) is 13.8 Å². The smallest absolute Gasteiger partial charge is 0.240 e. The van der Waals surface area contributed by atoms with Crippen LogP contribution < -0.4 is 5.32 Å². The molecule has 4 heteroatoms. The maximum Gasteiger partial charge on any atom is 0.240 e. The molecule has 1 N–H and O–H groups in total. The molecule has 0 radical (unpaired) electrons. The van der Waals surface area contributed by atoms with Crippen LogP contribution in [0.5, 0.6) is 0 Å². The lowest BCUT2D eigenvalue weighted by Crippen LogP contribution is -2.46. The topological polar surface area (TPSA) is 32.3 Å². The van der Waals surface area contributed by atoms with Crippen LogP contribution in [0.4, 0.5) is 0 Å². The van der Waals surface area contributed by atoms with E-state index >= 15 is 0 Å². The molecule has 1 aliphatic rings. The Hall–Kier alpha value is -0.220. The minimum Gasteiger partial charge on any atom is -0.323 e. The van der Waals surface area contributed by atoms with Gasteiger partial charge in [0.1, 0.15) is 0 Å². The molecule has 1 rings (SSSR count). The summed E-state index contributed by atoms with van der Waals surface area (Å²) in [5, 5.41) is 3.38. The third-order valence-corrected chi connectivity index (χ3v) is 3.84. The Bertz CT molecular complexity index is 245. The van der Waals surface area contributed by atoms with Crippen molar-refractivity contribution in [3.8, 4) is 0 Å². The van der Waals surface area contributed by atoms with E-state index in [4.69, 9.17) is 0 Å². The van der Waals surface area contributed by atoms with E-state index in [1.807, 2.05) is 23.6 Å². The Morgan fingerprint density at radius 2 is 2.06 bits per heavy atom. The molecule has 0 aromatic carbocycles. The van der Waals surface area contributed by atoms with E-state index in [0.29, 0.717) is 12.0 Å². The van der Waals surface area contributed by atoms with E-state index in [1.165, 1.54) is 0 Å². The van der Waals surface area contributed by atoms with Crippen molar-refractivity contribution in [2.24, 2.45) is 5.92 Å². The SMILES string of the molecule is CSCCC(C)N1C(=O)C(C)NC1C(C)C. The fraction of sp³-hybridized carbons (Fsp3) is 0.917. The zero-order valence-electron chi connectivity index (χ0n) is 11.0. The van der Waals surface area contributed by atoms with Crippen LogP contribution in [0.2, 0.25) is 0 Å². The summed E-state index contributed by atoms with van der Waals surface area (Å²) in [6.07, 6.45) is 3.39. The van der Waals surface area contributed by atoms with Crippen LogP contribution >= 0.6 is 11.8 Å². The van der Waals surface area contributed by atoms with Gasteiger partial charge in [-0.05, 0) is 38.2 Å². The lowest BCUT2D eigenvalue weighted by Gasteiger charge is -2.32. The molecular formula is C12H24N2OS. The van der Waals surface area contributed by atoms with Crippen LogP contribution in [-0.2, 0) is 4.79 Å². The zero-order chi connectivity index (χ0) is 12.3. The number of thioether (sulfide) groups is 1. The summed E-state index contributed by atoms with van der Waals surface area (Å²) in [6.45, 7) is 8.44. The van der Waals surface area contributed by atoms with Gasteiger partial charge < -0.3 is 4.90 Å². The molecule has 1 saturated heterocycles. The number of nitrogens with zero attached hydrogens (tertiary/aromatic N) is 1. The summed E-state index contributed by atoms with van der Waals surface area (Å²) < 4.78 is 0. The first-order valence-electron chi connectivity index (χ1n) is 6.06. The summed E-state index contributed by atoms with van der Waals surface area (Å²) in [6, 6.07) is 0.314. The van der Waals surface area contributed by atoms with Crippen LogP contribution in [-0.4, -0.2) is 41.1 Å². The van der Waals surface area contributed by atoms with Crippen LogP contribution in [0.3, 0.4) is 0 Å². The molecule has 3 unspecified atom stereocenters. The van der Waals surface area contributed by atoms with E-state index in [0.717, 1.165) is 12.2 Å². The third kappa shape index (κ3) is 2.92. The Morgan fingerprint density at radius 3 is 2.56 bits per heavy atom. The maximum absolute atomic E-state index is 12.1. The summed E-state index contributed by atoms with van der Waals surface area (Å²) in [4.78, 5) is 14.1. The van der Waals surface area contributed by atoms with E-state index in [-0.39, 0.29) is 18.1 Å². The molecule has 1 heterocycles. The Kier molecular flexibility index (Phi) is 5.12. The molecule has 1 amide bonds. The number of hydrogen-bond donors (Lipinski definition) is 1. The number of rotatable bonds is 5. The molecular weight excluding hydrogens is 220 g/mol. The van der Waals surface area contributed by atoms with Gasteiger partial charge in [0.05, 0.1) is 12.2 Å². The number of carbonyl (C=O) groups excluding carboxylic acids is 1. The fourth-order valence-electron chi connectivity index (χ4n) is 2.20. The molecule has 0 aliphatic carbocycles. The summed E-state index contributed by atoms with van der Waals surface area (Å²) >= 11 is 1.84. The van der Waals surface area contributed by atoms with E-state index < -0.39 is 0 Å². The molecule has 0 saturated carbocycles. The third-order valence-electron chi connectivity index (χ3n) is 3.19. The van der Waals surface area contributed by atoms with Crippen molar-refractivity contribution in [3.05, 3.63) is 0 Å².